The number of ether oxygens (including phenoxy) is 1. The first-order valence-electron chi connectivity index (χ1n) is 10.1. The summed E-state index contributed by atoms with van der Waals surface area (Å²) < 4.78 is 33.3. The maximum atomic E-state index is 13.1. The second-order valence-electron chi connectivity index (χ2n) is 7.27. The van der Waals surface area contributed by atoms with Gasteiger partial charge in [0, 0.05) is 37.4 Å². The molecule has 0 atom stereocenters. The molecule has 1 fully saturated rings. The minimum Gasteiger partial charge on any atom is -0.457 e. The summed E-state index contributed by atoms with van der Waals surface area (Å²) in [5, 5.41) is 8.71. The number of sulfonamides is 1. The summed E-state index contributed by atoms with van der Waals surface area (Å²) >= 11 is 0. The Hall–Kier alpha value is -3.40. The van der Waals surface area contributed by atoms with Crippen LogP contribution in [0.1, 0.15) is 10.4 Å². The quantitative estimate of drug-likeness (QED) is 0.440. The maximum absolute atomic E-state index is 13.1. The molecule has 0 bridgehead atoms. The molecule has 9 heteroatoms. The van der Waals surface area contributed by atoms with E-state index >= 15 is 0 Å². The van der Waals surface area contributed by atoms with Crippen molar-refractivity contribution < 1.29 is 23.2 Å². The molecule has 4 rings (SSSR count). The zero-order chi connectivity index (χ0) is 22.6. The number of carbonyl (C=O) groups excluding carboxylic acids is 1. The van der Waals surface area contributed by atoms with E-state index in [2.05, 4.69) is 4.90 Å². The molecule has 0 radical (unpaired) electrons. The summed E-state index contributed by atoms with van der Waals surface area (Å²) in [4.78, 5) is 13.7. The zero-order valence-corrected chi connectivity index (χ0v) is 18.0. The van der Waals surface area contributed by atoms with Gasteiger partial charge in [-0.3, -0.25) is 10.0 Å². The fraction of sp³-hybridized carbons (Fsp3) is 0.174. The van der Waals surface area contributed by atoms with Gasteiger partial charge in [0.05, 0.1) is 4.90 Å². The Kier molecular flexibility index (Phi) is 6.40. The first-order chi connectivity index (χ1) is 15.5. The van der Waals surface area contributed by atoms with Crippen LogP contribution in [0, 0.1) is 0 Å². The average Bonchev–Trinajstić information content (AvgIpc) is 2.85. The Morgan fingerprint density at radius 3 is 2.00 bits per heavy atom. The maximum Gasteiger partial charge on any atom is 0.274 e. The molecule has 0 spiro atoms. The average molecular weight is 454 g/mol. The zero-order valence-electron chi connectivity index (χ0n) is 17.2. The number of hydrogen-bond acceptors (Lipinski definition) is 6. The van der Waals surface area contributed by atoms with Gasteiger partial charge in [0.25, 0.3) is 5.91 Å². The van der Waals surface area contributed by atoms with Crippen LogP contribution in [0.25, 0.3) is 0 Å². The second kappa shape index (κ2) is 9.39. The summed E-state index contributed by atoms with van der Waals surface area (Å²) in [7, 11) is -3.61. The minimum absolute atomic E-state index is 0.228. The SMILES string of the molecule is O=C(NO)c1ccc(N2CCN(S(=O)(=O)c3ccc(Oc4ccccc4)cc3)CC2)cc1. The van der Waals surface area contributed by atoms with Crippen LogP contribution in [0.15, 0.2) is 83.8 Å². The van der Waals surface area contributed by atoms with Gasteiger partial charge in [0.15, 0.2) is 0 Å². The van der Waals surface area contributed by atoms with Gasteiger partial charge in [0.2, 0.25) is 10.0 Å². The van der Waals surface area contributed by atoms with E-state index in [4.69, 9.17) is 9.94 Å². The molecule has 0 aliphatic carbocycles. The number of para-hydroxylation sites is 1. The van der Waals surface area contributed by atoms with Crippen molar-refractivity contribution in [2.75, 3.05) is 31.1 Å². The van der Waals surface area contributed by atoms with E-state index in [-0.39, 0.29) is 4.90 Å². The summed E-state index contributed by atoms with van der Waals surface area (Å²) in [6.45, 7) is 1.76. The van der Waals surface area contributed by atoms with Gasteiger partial charge in [-0.15, -0.1) is 0 Å². The van der Waals surface area contributed by atoms with E-state index in [1.165, 1.54) is 4.31 Å². The minimum atomic E-state index is -3.61. The van der Waals surface area contributed by atoms with Crippen LogP contribution in [-0.4, -0.2) is 50.0 Å². The lowest BCUT2D eigenvalue weighted by Gasteiger charge is -2.35. The van der Waals surface area contributed by atoms with Gasteiger partial charge in [0.1, 0.15) is 11.5 Å². The molecule has 1 heterocycles. The van der Waals surface area contributed by atoms with Crippen molar-refractivity contribution in [3.05, 3.63) is 84.4 Å². The predicted molar refractivity (Wildman–Crippen MR) is 120 cm³/mol. The largest absolute Gasteiger partial charge is 0.457 e. The first kappa shape index (κ1) is 21.8. The predicted octanol–water partition coefficient (Wildman–Crippen LogP) is 3.11. The Bertz CT molecular complexity index is 1160. The molecular weight excluding hydrogens is 430 g/mol. The van der Waals surface area contributed by atoms with Crippen LogP contribution >= 0.6 is 0 Å². The molecule has 1 aliphatic heterocycles. The highest BCUT2D eigenvalue weighted by atomic mass is 32.2. The van der Waals surface area contributed by atoms with Crippen LogP contribution in [0.2, 0.25) is 0 Å². The van der Waals surface area contributed by atoms with Crippen molar-refractivity contribution in [1.29, 1.82) is 0 Å². The number of piperazine rings is 1. The van der Waals surface area contributed by atoms with Gasteiger partial charge < -0.3 is 9.64 Å². The van der Waals surface area contributed by atoms with Gasteiger partial charge in [-0.05, 0) is 60.7 Å². The van der Waals surface area contributed by atoms with Gasteiger partial charge in [-0.25, -0.2) is 13.9 Å². The molecule has 1 aliphatic rings. The molecule has 166 valence electrons. The number of anilines is 1. The Balaban J connectivity index is 1.38. The lowest BCUT2D eigenvalue weighted by molar-refractivity contribution is 0.0706. The van der Waals surface area contributed by atoms with E-state index in [0.717, 1.165) is 5.69 Å². The fourth-order valence-corrected chi connectivity index (χ4v) is 4.95. The highest BCUT2D eigenvalue weighted by Gasteiger charge is 2.28. The Morgan fingerprint density at radius 1 is 0.812 bits per heavy atom. The van der Waals surface area contributed by atoms with Crippen molar-refractivity contribution >= 4 is 21.6 Å². The highest BCUT2D eigenvalue weighted by molar-refractivity contribution is 7.89. The standard InChI is InChI=1S/C23H23N3O5S/c27-23(24-28)18-6-8-19(9-7-18)25-14-16-26(17-15-25)32(29,30)22-12-10-21(11-13-22)31-20-4-2-1-3-5-20/h1-13,28H,14-17H2,(H,24,27). The summed E-state index contributed by atoms with van der Waals surface area (Å²) in [6.07, 6.45) is 0. The van der Waals surface area contributed by atoms with Crippen LogP contribution in [0.5, 0.6) is 11.5 Å². The van der Waals surface area contributed by atoms with Crippen LogP contribution in [0.3, 0.4) is 0 Å². The smallest absolute Gasteiger partial charge is 0.274 e. The summed E-state index contributed by atoms with van der Waals surface area (Å²) in [5.74, 6) is 0.676. The van der Waals surface area contributed by atoms with Gasteiger partial charge in [-0.1, -0.05) is 18.2 Å². The lowest BCUT2D eigenvalue weighted by atomic mass is 10.2. The first-order valence-corrected chi connectivity index (χ1v) is 11.5. The lowest BCUT2D eigenvalue weighted by Crippen LogP contribution is -2.48. The molecule has 32 heavy (non-hydrogen) atoms. The van der Waals surface area contributed by atoms with Crippen LogP contribution < -0.4 is 15.1 Å². The van der Waals surface area contributed by atoms with Crippen molar-refractivity contribution in [1.82, 2.24) is 9.79 Å². The highest BCUT2D eigenvalue weighted by Crippen LogP contribution is 2.25. The number of hydroxylamine groups is 1. The molecular formula is C23H23N3O5S. The molecule has 3 aromatic carbocycles. The number of carbonyl (C=O) groups is 1. The van der Waals surface area contributed by atoms with Crippen LogP contribution in [0.4, 0.5) is 5.69 Å². The van der Waals surface area contributed by atoms with E-state index in [1.54, 1.807) is 54.0 Å². The molecule has 1 amide bonds. The normalized spacial score (nSPS) is 14.7. The summed E-state index contributed by atoms with van der Waals surface area (Å²) in [5.41, 5.74) is 2.83. The number of nitrogens with zero attached hydrogens (tertiary/aromatic N) is 2. The number of rotatable bonds is 6. The van der Waals surface area contributed by atoms with Crippen LogP contribution in [-0.2, 0) is 10.0 Å². The number of nitrogens with one attached hydrogen (secondary N) is 1. The van der Waals surface area contributed by atoms with E-state index in [9.17, 15) is 13.2 Å². The molecule has 1 saturated heterocycles. The van der Waals surface area contributed by atoms with Gasteiger partial charge >= 0.3 is 0 Å². The monoisotopic (exact) mass is 453 g/mol. The number of amides is 1. The fourth-order valence-electron chi connectivity index (χ4n) is 3.53. The van der Waals surface area contributed by atoms with Gasteiger partial charge in [-0.2, -0.15) is 4.31 Å². The molecule has 8 nitrogen and oxygen atoms in total. The van der Waals surface area contributed by atoms with E-state index in [1.807, 2.05) is 30.3 Å². The van der Waals surface area contributed by atoms with Crippen molar-refractivity contribution in [3.63, 3.8) is 0 Å². The Labute approximate surface area is 186 Å². The topological polar surface area (TPSA) is 99.2 Å². The third-order valence-electron chi connectivity index (χ3n) is 5.28. The van der Waals surface area contributed by atoms with Crippen molar-refractivity contribution in [3.8, 4) is 11.5 Å². The molecule has 0 aromatic heterocycles. The molecule has 0 unspecified atom stereocenters. The van der Waals surface area contributed by atoms with Crippen molar-refractivity contribution in [2.45, 2.75) is 4.90 Å². The van der Waals surface area contributed by atoms with E-state index < -0.39 is 15.9 Å². The Morgan fingerprint density at radius 2 is 1.41 bits per heavy atom. The second-order valence-corrected chi connectivity index (χ2v) is 9.20. The molecule has 0 saturated carbocycles. The number of benzene rings is 3. The molecule has 2 N–H and O–H groups in total. The third-order valence-corrected chi connectivity index (χ3v) is 7.19. The third kappa shape index (κ3) is 4.75. The molecule has 3 aromatic rings. The number of hydrogen-bond donors (Lipinski definition) is 2. The van der Waals surface area contributed by atoms with Crippen molar-refractivity contribution in [2.24, 2.45) is 0 Å². The van der Waals surface area contributed by atoms with E-state index in [0.29, 0.717) is 43.2 Å². The summed E-state index contributed by atoms with van der Waals surface area (Å²) in [6, 6.07) is 22.5.